The molecule has 1 N–H and O–H groups in total. The lowest BCUT2D eigenvalue weighted by Gasteiger charge is -2.14. The zero-order valence-electron chi connectivity index (χ0n) is 13.4. The van der Waals surface area contributed by atoms with E-state index in [1.807, 2.05) is 0 Å². The number of carbonyl (C=O) groups excluding carboxylic acids is 3. The van der Waals surface area contributed by atoms with Gasteiger partial charge in [0.05, 0.1) is 16.8 Å². The summed E-state index contributed by atoms with van der Waals surface area (Å²) < 4.78 is 0. The highest BCUT2D eigenvalue weighted by molar-refractivity contribution is 6.36. The zero-order chi connectivity index (χ0) is 18.3. The van der Waals surface area contributed by atoms with Crippen LogP contribution in [0.2, 0.25) is 5.02 Å². The number of halogens is 1. The molecule has 1 aliphatic rings. The van der Waals surface area contributed by atoms with E-state index < -0.39 is 17.7 Å². The topological polar surface area (TPSA) is 79.4 Å². The number of amides is 3. The Hall–Kier alpha value is -3.25. The van der Waals surface area contributed by atoms with Crippen molar-refractivity contribution in [3.05, 3.63) is 71.0 Å². The van der Waals surface area contributed by atoms with Gasteiger partial charge in [-0.2, -0.15) is 0 Å². The number of benzene rings is 2. The molecule has 3 amide bonds. The molecule has 7 heteroatoms. The first-order valence-electron chi connectivity index (χ1n) is 7.83. The van der Waals surface area contributed by atoms with Crippen LogP contribution in [0.15, 0.2) is 54.9 Å². The second-order valence-electron chi connectivity index (χ2n) is 5.81. The normalized spacial score (nSPS) is 13.2. The molecule has 0 radical (unpaired) electrons. The Morgan fingerprint density at radius 1 is 1.00 bits per heavy atom. The Morgan fingerprint density at radius 2 is 1.69 bits per heavy atom. The van der Waals surface area contributed by atoms with Gasteiger partial charge in [-0.25, -0.2) is 0 Å². The van der Waals surface area contributed by atoms with Gasteiger partial charge in [-0.05, 0) is 30.3 Å². The van der Waals surface area contributed by atoms with Crippen LogP contribution < -0.4 is 5.32 Å². The van der Waals surface area contributed by atoms with Crippen LogP contribution in [0.3, 0.4) is 0 Å². The van der Waals surface area contributed by atoms with Crippen LogP contribution in [0.1, 0.15) is 20.7 Å². The van der Waals surface area contributed by atoms with E-state index in [1.54, 1.807) is 54.9 Å². The molecule has 0 unspecified atom stereocenters. The smallest absolute Gasteiger partial charge is 0.262 e. The Morgan fingerprint density at radius 3 is 2.38 bits per heavy atom. The summed E-state index contributed by atoms with van der Waals surface area (Å²) >= 11 is 6.15. The summed E-state index contributed by atoms with van der Waals surface area (Å²) in [6, 6.07) is 11.6. The third-order valence-electron chi connectivity index (χ3n) is 4.22. The molecule has 128 valence electrons. The molecule has 0 bridgehead atoms. The van der Waals surface area contributed by atoms with Crippen molar-refractivity contribution >= 4 is 45.8 Å². The van der Waals surface area contributed by atoms with E-state index in [1.165, 1.54) is 0 Å². The summed E-state index contributed by atoms with van der Waals surface area (Å²) in [4.78, 5) is 42.1. The summed E-state index contributed by atoms with van der Waals surface area (Å²) in [7, 11) is 0. The SMILES string of the molecule is O=C(CN1C(=O)c2ccccc2C1=O)Nc1ccc(Cl)c2ccncc12. The molecule has 0 aliphatic carbocycles. The predicted octanol–water partition coefficient (Wildman–Crippen LogP) is 3.12. The van der Waals surface area contributed by atoms with Crippen molar-refractivity contribution in [3.8, 4) is 0 Å². The predicted molar refractivity (Wildman–Crippen MR) is 97.2 cm³/mol. The number of imide groups is 1. The van der Waals surface area contributed by atoms with Crippen LogP contribution in [0.4, 0.5) is 5.69 Å². The molecule has 2 heterocycles. The van der Waals surface area contributed by atoms with Crippen molar-refractivity contribution in [3.63, 3.8) is 0 Å². The number of hydrogen-bond donors (Lipinski definition) is 1. The largest absolute Gasteiger partial charge is 0.324 e. The van der Waals surface area contributed by atoms with Crippen molar-refractivity contribution in [2.45, 2.75) is 0 Å². The van der Waals surface area contributed by atoms with Gasteiger partial charge in [0, 0.05) is 28.2 Å². The lowest BCUT2D eigenvalue weighted by molar-refractivity contribution is -0.116. The summed E-state index contributed by atoms with van der Waals surface area (Å²) in [5.41, 5.74) is 1.14. The summed E-state index contributed by atoms with van der Waals surface area (Å²) in [5, 5.41) is 4.69. The van der Waals surface area contributed by atoms with Gasteiger partial charge in [-0.3, -0.25) is 24.3 Å². The molecule has 3 aromatic rings. The van der Waals surface area contributed by atoms with E-state index in [-0.39, 0.29) is 6.54 Å². The summed E-state index contributed by atoms with van der Waals surface area (Å²) in [5.74, 6) is -1.42. The number of rotatable bonds is 3. The van der Waals surface area contributed by atoms with Crippen LogP contribution in [-0.2, 0) is 4.79 Å². The Labute approximate surface area is 153 Å². The maximum Gasteiger partial charge on any atom is 0.262 e. The molecule has 6 nitrogen and oxygen atoms in total. The quantitative estimate of drug-likeness (QED) is 0.723. The summed E-state index contributed by atoms with van der Waals surface area (Å²) in [6.45, 7) is -0.364. The van der Waals surface area contributed by atoms with Gasteiger partial charge in [0.2, 0.25) is 5.91 Å². The molecule has 0 fully saturated rings. The first kappa shape index (κ1) is 16.2. The summed E-state index contributed by atoms with van der Waals surface area (Å²) in [6.07, 6.45) is 3.21. The van der Waals surface area contributed by atoms with Gasteiger partial charge < -0.3 is 5.32 Å². The minimum absolute atomic E-state index is 0.312. The van der Waals surface area contributed by atoms with Crippen molar-refractivity contribution in [1.82, 2.24) is 9.88 Å². The molecule has 0 atom stereocenters. The van der Waals surface area contributed by atoms with Crippen LogP contribution in [0.25, 0.3) is 10.8 Å². The zero-order valence-corrected chi connectivity index (χ0v) is 14.2. The minimum Gasteiger partial charge on any atom is -0.324 e. The number of aromatic nitrogens is 1. The molecule has 4 rings (SSSR count). The number of nitrogens with zero attached hydrogens (tertiary/aromatic N) is 2. The molecule has 2 aromatic carbocycles. The van der Waals surface area contributed by atoms with Crippen molar-refractivity contribution in [2.24, 2.45) is 0 Å². The van der Waals surface area contributed by atoms with E-state index >= 15 is 0 Å². The number of hydrogen-bond acceptors (Lipinski definition) is 4. The van der Waals surface area contributed by atoms with Crippen LogP contribution >= 0.6 is 11.6 Å². The number of anilines is 1. The molecule has 26 heavy (non-hydrogen) atoms. The highest BCUT2D eigenvalue weighted by Crippen LogP contribution is 2.29. The first-order valence-corrected chi connectivity index (χ1v) is 8.21. The van der Waals surface area contributed by atoms with Crippen LogP contribution in [0, 0.1) is 0 Å². The van der Waals surface area contributed by atoms with Crippen molar-refractivity contribution < 1.29 is 14.4 Å². The molecule has 1 aliphatic heterocycles. The average Bonchev–Trinajstić information content (AvgIpc) is 2.90. The van der Waals surface area contributed by atoms with Gasteiger partial charge in [-0.15, -0.1) is 0 Å². The van der Waals surface area contributed by atoms with E-state index in [0.29, 0.717) is 27.2 Å². The fourth-order valence-electron chi connectivity index (χ4n) is 2.98. The second kappa shape index (κ2) is 6.24. The first-order chi connectivity index (χ1) is 12.6. The van der Waals surface area contributed by atoms with Crippen molar-refractivity contribution in [2.75, 3.05) is 11.9 Å². The standard InChI is InChI=1S/C19H12ClN3O3/c20-15-5-6-16(14-9-21-8-7-11(14)15)22-17(24)10-23-18(25)12-3-1-2-4-13(12)19(23)26/h1-9H,10H2,(H,22,24). The highest BCUT2D eigenvalue weighted by atomic mass is 35.5. The molecule has 1 aromatic heterocycles. The Kier molecular flexibility index (Phi) is 3.89. The minimum atomic E-state index is -0.480. The van der Waals surface area contributed by atoms with E-state index in [0.717, 1.165) is 10.3 Å². The van der Waals surface area contributed by atoms with Crippen LogP contribution in [0.5, 0.6) is 0 Å². The Bertz CT molecular complexity index is 1050. The van der Waals surface area contributed by atoms with E-state index in [9.17, 15) is 14.4 Å². The third kappa shape index (κ3) is 2.60. The molecule has 0 saturated carbocycles. The number of carbonyl (C=O) groups is 3. The molecular formula is C19H12ClN3O3. The van der Waals surface area contributed by atoms with E-state index in [2.05, 4.69) is 10.3 Å². The number of fused-ring (bicyclic) bond motifs is 2. The lowest BCUT2D eigenvalue weighted by atomic mass is 10.1. The fourth-order valence-corrected chi connectivity index (χ4v) is 3.21. The van der Waals surface area contributed by atoms with Gasteiger partial charge in [0.25, 0.3) is 11.8 Å². The van der Waals surface area contributed by atoms with Crippen LogP contribution in [-0.4, -0.2) is 34.2 Å². The number of nitrogens with one attached hydrogen (secondary N) is 1. The van der Waals surface area contributed by atoms with Gasteiger partial charge in [-0.1, -0.05) is 23.7 Å². The lowest BCUT2D eigenvalue weighted by Crippen LogP contribution is -2.37. The average molecular weight is 366 g/mol. The molecule has 0 saturated heterocycles. The van der Waals surface area contributed by atoms with Gasteiger partial charge in [0.15, 0.2) is 0 Å². The van der Waals surface area contributed by atoms with E-state index in [4.69, 9.17) is 11.6 Å². The van der Waals surface area contributed by atoms with Gasteiger partial charge >= 0.3 is 0 Å². The molecule has 0 spiro atoms. The highest BCUT2D eigenvalue weighted by Gasteiger charge is 2.36. The molecular weight excluding hydrogens is 354 g/mol. The maximum absolute atomic E-state index is 12.4. The second-order valence-corrected chi connectivity index (χ2v) is 6.21. The van der Waals surface area contributed by atoms with Crippen molar-refractivity contribution in [1.29, 1.82) is 0 Å². The third-order valence-corrected chi connectivity index (χ3v) is 4.55. The van der Waals surface area contributed by atoms with Gasteiger partial charge in [0.1, 0.15) is 6.54 Å². The number of pyridine rings is 1. The fraction of sp³-hybridized carbons (Fsp3) is 0.0526. The Balaban J connectivity index is 1.57. The monoisotopic (exact) mass is 365 g/mol. The maximum atomic E-state index is 12.4.